The van der Waals surface area contributed by atoms with Crippen LogP contribution in [0, 0.1) is 6.92 Å². The van der Waals surface area contributed by atoms with Crippen LogP contribution in [0.1, 0.15) is 18.8 Å². The summed E-state index contributed by atoms with van der Waals surface area (Å²) in [4.78, 5) is 16.4. The van der Waals surface area contributed by atoms with Gasteiger partial charge in [0.15, 0.2) is 0 Å². The molecule has 1 aromatic heterocycles. The number of para-hydroxylation sites is 2. The molecule has 2 aromatic rings. The van der Waals surface area contributed by atoms with Crippen molar-refractivity contribution in [3.8, 4) is 0 Å². The Morgan fingerprint density at radius 2 is 2.28 bits per heavy atom. The van der Waals surface area contributed by atoms with Crippen LogP contribution in [-0.2, 0) is 4.79 Å². The van der Waals surface area contributed by atoms with Gasteiger partial charge in [-0.25, -0.2) is 4.98 Å². The monoisotopic (exact) mass is 243 g/mol. The lowest BCUT2D eigenvalue weighted by Gasteiger charge is -2.15. The van der Waals surface area contributed by atoms with Crippen LogP contribution in [0.4, 0.5) is 0 Å². The minimum Gasteiger partial charge on any atom is -0.351 e. The molecule has 0 fully saturated rings. The third kappa shape index (κ3) is 2.14. The summed E-state index contributed by atoms with van der Waals surface area (Å²) in [5.74, 6) is 0.818. The number of aryl methyl sites for hydroxylation is 1. The second-order valence-corrected chi connectivity index (χ2v) is 4.23. The standard InChI is InChI=1S/C14H17N3O/c1-4-9-15-14(18)10(2)17-11(3)16-12-7-5-6-8-13(12)17/h4-8,10H,1,9H2,2-3H3,(H,15,18). The second kappa shape index (κ2) is 5.04. The maximum Gasteiger partial charge on any atom is 0.243 e. The first-order valence-electron chi connectivity index (χ1n) is 5.97. The molecule has 0 spiro atoms. The quantitative estimate of drug-likeness (QED) is 0.837. The van der Waals surface area contributed by atoms with E-state index in [1.165, 1.54) is 0 Å². The highest BCUT2D eigenvalue weighted by atomic mass is 16.2. The average Bonchev–Trinajstić information content (AvgIpc) is 2.70. The SMILES string of the molecule is C=CCNC(=O)C(C)n1c(C)nc2ccccc21. The maximum absolute atomic E-state index is 12.0. The van der Waals surface area contributed by atoms with Gasteiger partial charge in [-0.1, -0.05) is 18.2 Å². The Morgan fingerprint density at radius 1 is 1.56 bits per heavy atom. The van der Waals surface area contributed by atoms with Crippen LogP contribution in [-0.4, -0.2) is 22.0 Å². The summed E-state index contributed by atoms with van der Waals surface area (Å²) in [6.07, 6.45) is 1.67. The molecule has 18 heavy (non-hydrogen) atoms. The highest BCUT2D eigenvalue weighted by Crippen LogP contribution is 2.20. The molecule has 1 aromatic carbocycles. The molecule has 0 aliphatic heterocycles. The molecule has 0 aliphatic carbocycles. The number of amides is 1. The lowest BCUT2D eigenvalue weighted by atomic mass is 10.2. The van der Waals surface area contributed by atoms with Gasteiger partial charge < -0.3 is 9.88 Å². The van der Waals surface area contributed by atoms with Crippen LogP contribution in [0.3, 0.4) is 0 Å². The van der Waals surface area contributed by atoms with Crippen LogP contribution in [0.5, 0.6) is 0 Å². The molecule has 4 nitrogen and oxygen atoms in total. The van der Waals surface area contributed by atoms with Crippen LogP contribution < -0.4 is 5.32 Å². The summed E-state index contributed by atoms with van der Waals surface area (Å²) < 4.78 is 1.95. The van der Waals surface area contributed by atoms with E-state index in [2.05, 4.69) is 16.9 Å². The van der Waals surface area contributed by atoms with E-state index in [1.54, 1.807) is 6.08 Å². The molecule has 1 amide bonds. The number of fused-ring (bicyclic) bond motifs is 1. The first-order valence-corrected chi connectivity index (χ1v) is 5.97. The van der Waals surface area contributed by atoms with Gasteiger partial charge in [0.05, 0.1) is 11.0 Å². The van der Waals surface area contributed by atoms with E-state index >= 15 is 0 Å². The summed E-state index contributed by atoms with van der Waals surface area (Å²) in [6, 6.07) is 7.55. The fraction of sp³-hybridized carbons (Fsp3) is 0.286. The van der Waals surface area contributed by atoms with Crippen molar-refractivity contribution in [2.45, 2.75) is 19.9 Å². The molecule has 0 bridgehead atoms. The number of aromatic nitrogens is 2. The average molecular weight is 243 g/mol. The number of imidazole rings is 1. The van der Waals surface area contributed by atoms with Crippen molar-refractivity contribution >= 4 is 16.9 Å². The zero-order valence-corrected chi connectivity index (χ0v) is 10.7. The highest BCUT2D eigenvalue weighted by Gasteiger charge is 2.18. The topological polar surface area (TPSA) is 46.9 Å². The van der Waals surface area contributed by atoms with Crippen molar-refractivity contribution in [2.24, 2.45) is 0 Å². The number of rotatable bonds is 4. The molecule has 0 radical (unpaired) electrons. The van der Waals surface area contributed by atoms with E-state index in [0.29, 0.717) is 6.54 Å². The lowest BCUT2D eigenvalue weighted by molar-refractivity contribution is -0.123. The maximum atomic E-state index is 12.0. The Labute approximate surface area is 106 Å². The Bertz CT molecular complexity index is 586. The Hall–Kier alpha value is -2.10. The Balaban J connectivity index is 2.37. The van der Waals surface area contributed by atoms with Crippen molar-refractivity contribution in [1.82, 2.24) is 14.9 Å². The molecule has 0 saturated carbocycles. The first-order chi connectivity index (χ1) is 8.65. The van der Waals surface area contributed by atoms with Gasteiger partial charge in [0.1, 0.15) is 11.9 Å². The summed E-state index contributed by atoms with van der Waals surface area (Å²) in [6.45, 7) is 7.86. The van der Waals surface area contributed by atoms with Gasteiger partial charge in [-0.05, 0) is 26.0 Å². The number of nitrogens with zero attached hydrogens (tertiary/aromatic N) is 2. The second-order valence-electron chi connectivity index (χ2n) is 4.23. The van der Waals surface area contributed by atoms with Crippen LogP contribution in [0.15, 0.2) is 36.9 Å². The molecular formula is C14H17N3O. The molecule has 1 unspecified atom stereocenters. The molecule has 0 saturated heterocycles. The normalized spacial score (nSPS) is 12.3. The Kier molecular flexibility index (Phi) is 3.46. The van der Waals surface area contributed by atoms with E-state index in [-0.39, 0.29) is 11.9 Å². The van der Waals surface area contributed by atoms with E-state index in [9.17, 15) is 4.79 Å². The highest BCUT2D eigenvalue weighted by molar-refractivity contribution is 5.84. The number of hydrogen-bond acceptors (Lipinski definition) is 2. The van der Waals surface area contributed by atoms with Crippen molar-refractivity contribution in [1.29, 1.82) is 0 Å². The van der Waals surface area contributed by atoms with E-state index in [4.69, 9.17) is 0 Å². The minimum atomic E-state index is -0.280. The Morgan fingerprint density at radius 3 is 3.00 bits per heavy atom. The van der Waals surface area contributed by atoms with Crippen LogP contribution >= 0.6 is 0 Å². The molecule has 94 valence electrons. The smallest absolute Gasteiger partial charge is 0.243 e. The minimum absolute atomic E-state index is 0.0267. The summed E-state index contributed by atoms with van der Waals surface area (Å²) in [5, 5.41) is 2.81. The van der Waals surface area contributed by atoms with E-state index < -0.39 is 0 Å². The molecule has 4 heteroatoms. The number of nitrogens with one attached hydrogen (secondary N) is 1. The van der Waals surface area contributed by atoms with Gasteiger partial charge >= 0.3 is 0 Å². The third-order valence-electron chi connectivity index (χ3n) is 2.96. The lowest BCUT2D eigenvalue weighted by Crippen LogP contribution is -2.31. The van der Waals surface area contributed by atoms with Crippen molar-refractivity contribution in [2.75, 3.05) is 6.54 Å². The van der Waals surface area contributed by atoms with Crippen molar-refractivity contribution in [3.05, 3.63) is 42.7 Å². The predicted octanol–water partition coefficient (Wildman–Crippen LogP) is 2.21. The van der Waals surface area contributed by atoms with E-state index in [1.807, 2.05) is 42.7 Å². The predicted molar refractivity (Wildman–Crippen MR) is 72.4 cm³/mol. The van der Waals surface area contributed by atoms with Crippen molar-refractivity contribution in [3.63, 3.8) is 0 Å². The molecule has 1 heterocycles. The molecule has 1 N–H and O–H groups in total. The van der Waals surface area contributed by atoms with Gasteiger partial charge in [0.2, 0.25) is 5.91 Å². The zero-order chi connectivity index (χ0) is 13.1. The number of benzene rings is 1. The van der Waals surface area contributed by atoms with Crippen LogP contribution in [0.25, 0.3) is 11.0 Å². The van der Waals surface area contributed by atoms with Crippen LogP contribution in [0.2, 0.25) is 0 Å². The fourth-order valence-electron chi connectivity index (χ4n) is 2.09. The molecule has 1 atom stereocenters. The number of carbonyl (C=O) groups excluding carboxylic acids is 1. The summed E-state index contributed by atoms with van der Waals surface area (Å²) >= 11 is 0. The largest absolute Gasteiger partial charge is 0.351 e. The summed E-state index contributed by atoms with van der Waals surface area (Å²) in [7, 11) is 0. The van der Waals surface area contributed by atoms with Gasteiger partial charge in [-0.15, -0.1) is 6.58 Å². The number of carbonyl (C=O) groups is 1. The van der Waals surface area contributed by atoms with Gasteiger partial charge in [0, 0.05) is 6.54 Å². The van der Waals surface area contributed by atoms with Gasteiger partial charge in [0.25, 0.3) is 0 Å². The first kappa shape index (κ1) is 12.4. The van der Waals surface area contributed by atoms with E-state index in [0.717, 1.165) is 16.9 Å². The fourth-order valence-corrected chi connectivity index (χ4v) is 2.09. The van der Waals surface area contributed by atoms with Crippen molar-refractivity contribution < 1.29 is 4.79 Å². The summed E-state index contributed by atoms with van der Waals surface area (Å²) in [5.41, 5.74) is 1.90. The zero-order valence-electron chi connectivity index (χ0n) is 10.7. The molecule has 2 rings (SSSR count). The van der Waals surface area contributed by atoms with Gasteiger partial charge in [-0.2, -0.15) is 0 Å². The molecule has 0 aliphatic rings. The third-order valence-corrected chi connectivity index (χ3v) is 2.96. The number of hydrogen-bond donors (Lipinski definition) is 1. The molecular weight excluding hydrogens is 226 g/mol. The van der Waals surface area contributed by atoms with Gasteiger partial charge in [-0.3, -0.25) is 4.79 Å².